The molecule has 7 heteroatoms. The highest BCUT2D eigenvalue weighted by atomic mass is 16.5. The predicted octanol–water partition coefficient (Wildman–Crippen LogP) is 4.14. The normalized spacial score (nSPS) is 10.7. The molecule has 3 aromatic rings. The molecule has 162 valence electrons. The molecule has 2 amide bonds. The van der Waals surface area contributed by atoms with Crippen molar-refractivity contribution in [3.8, 4) is 17.1 Å². The number of hydrogen-bond donors (Lipinski definition) is 2. The summed E-state index contributed by atoms with van der Waals surface area (Å²) in [6, 6.07) is 12.8. The first-order valence-corrected chi connectivity index (χ1v) is 10.2. The van der Waals surface area contributed by atoms with Crippen LogP contribution in [0.15, 0.2) is 53.1 Å². The quantitative estimate of drug-likeness (QED) is 0.559. The Morgan fingerprint density at radius 1 is 1.03 bits per heavy atom. The Hall–Kier alpha value is -3.61. The van der Waals surface area contributed by atoms with E-state index in [4.69, 9.17) is 9.15 Å². The Balaban J connectivity index is 1.46. The lowest BCUT2D eigenvalue weighted by Gasteiger charge is -2.10. The first-order chi connectivity index (χ1) is 14.8. The van der Waals surface area contributed by atoms with Crippen LogP contribution in [0.25, 0.3) is 11.3 Å². The second-order valence-corrected chi connectivity index (χ2v) is 7.61. The zero-order valence-corrected chi connectivity index (χ0v) is 18.2. The van der Waals surface area contributed by atoms with Crippen LogP contribution in [0.3, 0.4) is 0 Å². The maximum atomic E-state index is 12.2. The number of nitrogens with zero attached hydrogens (tertiary/aromatic N) is 1. The van der Waals surface area contributed by atoms with Gasteiger partial charge in [0.05, 0.1) is 12.3 Å². The summed E-state index contributed by atoms with van der Waals surface area (Å²) in [4.78, 5) is 28.5. The van der Waals surface area contributed by atoms with Crippen molar-refractivity contribution >= 4 is 11.8 Å². The maximum absolute atomic E-state index is 12.2. The number of hydrazine groups is 1. The third kappa shape index (κ3) is 6.18. The van der Waals surface area contributed by atoms with E-state index in [0.717, 1.165) is 5.56 Å². The van der Waals surface area contributed by atoms with Gasteiger partial charge in [-0.2, -0.15) is 0 Å². The third-order valence-corrected chi connectivity index (χ3v) is 4.71. The minimum Gasteiger partial charge on any atom is -0.491 e. The molecule has 2 N–H and O–H groups in total. The number of rotatable bonds is 7. The molecule has 0 unspecified atom stereocenters. The van der Waals surface area contributed by atoms with Gasteiger partial charge in [0.2, 0.25) is 5.91 Å². The number of nitrogens with one attached hydrogen (secondary N) is 2. The lowest BCUT2D eigenvalue weighted by Crippen LogP contribution is -2.41. The van der Waals surface area contributed by atoms with E-state index in [1.807, 2.05) is 39.0 Å². The van der Waals surface area contributed by atoms with Crippen molar-refractivity contribution < 1.29 is 18.7 Å². The summed E-state index contributed by atoms with van der Waals surface area (Å²) in [6.45, 7) is 7.96. The van der Waals surface area contributed by atoms with E-state index >= 15 is 0 Å². The van der Waals surface area contributed by atoms with Gasteiger partial charge in [-0.3, -0.25) is 20.4 Å². The van der Waals surface area contributed by atoms with Crippen LogP contribution in [0.5, 0.6) is 5.75 Å². The molecule has 1 aromatic heterocycles. The molecule has 0 aliphatic heterocycles. The second-order valence-electron chi connectivity index (χ2n) is 7.61. The van der Waals surface area contributed by atoms with Gasteiger partial charge >= 0.3 is 0 Å². The molecular weight excluding hydrogens is 394 g/mol. The van der Waals surface area contributed by atoms with E-state index in [1.165, 1.54) is 11.1 Å². The van der Waals surface area contributed by atoms with Crippen LogP contribution in [0.2, 0.25) is 0 Å². The van der Waals surface area contributed by atoms with E-state index in [-0.39, 0.29) is 18.4 Å². The SMILES string of the molecule is Cc1ccc(-c2cnc(CCC(=O)NNC(=O)c3ccc(OC(C)C)cc3)o2)cc1C. The first-order valence-electron chi connectivity index (χ1n) is 10.2. The highest BCUT2D eigenvalue weighted by Gasteiger charge is 2.11. The smallest absolute Gasteiger partial charge is 0.269 e. The van der Waals surface area contributed by atoms with Crippen molar-refractivity contribution in [2.75, 3.05) is 0 Å². The summed E-state index contributed by atoms with van der Waals surface area (Å²) in [5, 5.41) is 0. The number of amides is 2. The lowest BCUT2D eigenvalue weighted by atomic mass is 10.1. The Kier molecular flexibility index (Phi) is 7.07. The van der Waals surface area contributed by atoms with Crippen LogP contribution in [-0.2, 0) is 11.2 Å². The van der Waals surface area contributed by atoms with Crippen molar-refractivity contribution in [2.45, 2.75) is 46.6 Å². The average Bonchev–Trinajstić information content (AvgIpc) is 3.21. The molecular formula is C24H27N3O4. The van der Waals surface area contributed by atoms with E-state index in [0.29, 0.717) is 29.4 Å². The number of carbonyl (C=O) groups is 2. The summed E-state index contributed by atoms with van der Waals surface area (Å²) in [6.07, 6.45) is 2.17. The van der Waals surface area contributed by atoms with Crippen LogP contribution in [0, 0.1) is 13.8 Å². The molecule has 31 heavy (non-hydrogen) atoms. The summed E-state index contributed by atoms with van der Waals surface area (Å²) in [5.41, 5.74) is 8.57. The monoisotopic (exact) mass is 421 g/mol. The highest BCUT2D eigenvalue weighted by molar-refractivity contribution is 5.95. The number of aryl methyl sites for hydroxylation is 3. The van der Waals surface area contributed by atoms with Crippen molar-refractivity contribution in [3.05, 3.63) is 71.2 Å². The largest absolute Gasteiger partial charge is 0.491 e. The standard InChI is InChI=1S/C24H27N3O4/c1-15(2)30-20-9-7-18(8-10-20)24(29)27-26-22(28)11-12-23-25-14-21(31-23)19-6-5-16(3)17(4)13-19/h5-10,13-15H,11-12H2,1-4H3,(H,26,28)(H,27,29). The summed E-state index contributed by atoms with van der Waals surface area (Å²) >= 11 is 0. The molecule has 0 radical (unpaired) electrons. The number of oxazole rings is 1. The van der Waals surface area contributed by atoms with E-state index < -0.39 is 5.91 Å². The van der Waals surface area contributed by atoms with Gasteiger partial charge < -0.3 is 9.15 Å². The number of benzene rings is 2. The van der Waals surface area contributed by atoms with Crippen LogP contribution < -0.4 is 15.6 Å². The number of aromatic nitrogens is 1. The van der Waals surface area contributed by atoms with Crippen molar-refractivity contribution in [2.24, 2.45) is 0 Å². The van der Waals surface area contributed by atoms with Gasteiger partial charge in [0.25, 0.3) is 5.91 Å². The van der Waals surface area contributed by atoms with Crippen LogP contribution in [-0.4, -0.2) is 22.9 Å². The topological polar surface area (TPSA) is 93.5 Å². The molecule has 0 aliphatic carbocycles. The Morgan fingerprint density at radius 2 is 1.77 bits per heavy atom. The van der Waals surface area contributed by atoms with Gasteiger partial charge in [0, 0.05) is 24.0 Å². The van der Waals surface area contributed by atoms with Crippen LogP contribution in [0.4, 0.5) is 0 Å². The predicted molar refractivity (Wildman–Crippen MR) is 118 cm³/mol. The van der Waals surface area contributed by atoms with Crippen molar-refractivity contribution in [3.63, 3.8) is 0 Å². The molecule has 3 rings (SSSR count). The lowest BCUT2D eigenvalue weighted by molar-refractivity contribution is -0.121. The first kappa shape index (κ1) is 22.1. The average molecular weight is 421 g/mol. The molecule has 2 aromatic carbocycles. The third-order valence-electron chi connectivity index (χ3n) is 4.71. The minimum atomic E-state index is -0.405. The zero-order chi connectivity index (χ0) is 22.4. The number of ether oxygens (including phenoxy) is 1. The fraction of sp³-hybridized carbons (Fsp3) is 0.292. The highest BCUT2D eigenvalue weighted by Crippen LogP contribution is 2.23. The zero-order valence-electron chi connectivity index (χ0n) is 18.2. The molecule has 0 saturated carbocycles. The van der Waals surface area contributed by atoms with Gasteiger partial charge in [-0.05, 0) is 69.2 Å². The minimum absolute atomic E-state index is 0.0553. The van der Waals surface area contributed by atoms with Gasteiger partial charge in [0.1, 0.15) is 5.75 Å². The molecule has 0 saturated heterocycles. The Labute approximate surface area is 181 Å². The van der Waals surface area contributed by atoms with E-state index in [9.17, 15) is 9.59 Å². The van der Waals surface area contributed by atoms with E-state index in [1.54, 1.807) is 30.5 Å². The Bertz CT molecular complexity index is 1050. The molecule has 7 nitrogen and oxygen atoms in total. The fourth-order valence-corrected chi connectivity index (χ4v) is 2.89. The van der Waals surface area contributed by atoms with Crippen LogP contribution in [0.1, 0.15) is 47.6 Å². The summed E-state index contributed by atoms with van der Waals surface area (Å²) in [7, 11) is 0. The molecule has 0 atom stereocenters. The molecule has 0 spiro atoms. The van der Waals surface area contributed by atoms with Gasteiger partial charge in [-0.25, -0.2) is 4.98 Å². The van der Waals surface area contributed by atoms with E-state index in [2.05, 4.69) is 22.8 Å². The molecule has 0 fully saturated rings. The van der Waals surface area contributed by atoms with Gasteiger partial charge in [-0.1, -0.05) is 12.1 Å². The maximum Gasteiger partial charge on any atom is 0.269 e. The number of carbonyl (C=O) groups excluding carboxylic acids is 2. The van der Waals surface area contributed by atoms with Crippen molar-refractivity contribution in [1.82, 2.24) is 15.8 Å². The summed E-state index contributed by atoms with van der Waals surface area (Å²) < 4.78 is 11.3. The fourth-order valence-electron chi connectivity index (χ4n) is 2.89. The van der Waals surface area contributed by atoms with Gasteiger partial charge in [-0.15, -0.1) is 0 Å². The molecule has 0 bridgehead atoms. The van der Waals surface area contributed by atoms with Gasteiger partial charge in [0.15, 0.2) is 11.7 Å². The second kappa shape index (κ2) is 9.93. The van der Waals surface area contributed by atoms with Crippen LogP contribution >= 0.6 is 0 Å². The number of hydrogen-bond acceptors (Lipinski definition) is 5. The molecule has 1 heterocycles. The molecule has 0 aliphatic rings. The van der Waals surface area contributed by atoms with Crippen molar-refractivity contribution in [1.29, 1.82) is 0 Å². The Morgan fingerprint density at radius 3 is 2.45 bits per heavy atom. The summed E-state index contributed by atoms with van der Waals surface area (Å²) in [5.74, 6) is 1.07.